The summed E-state index contributed by atoms with van der Waals surface area (Å²) in [6, 6.07) is 0. The van der Waals surface area contributed by atoms with Crippen molar-refractivity contribution in [3.05, 3.63) is 12.2 Å². The minimum absolute atomic E-state index is 0.0354. The van der Waals surface area contributed by atoms with Crippen LogP contribution in [0.3, 0.4) is 0 Å². The summed E-state index contributed by atoms with van der Waals surface area (Å²) in [4.78, 5) is 14.1. The molecule has 0 atom stereocenters. The number of hydrogen-bond acceptors (Lipinski definition) is 2. The first-order valence-electron chi connectivity index (χ1n) is 7.98. The molecule has 0 bridgehead atoms. The van der Waals surface area contributed by atoms with Crippen LogP contribution in [-0.4, -0.2) is 37.0 Å². The Morgan fingerprint density at radius 3 is 2.05 bits per heavy atom. The second-order valence-corrected chi connectivity index (χ2v) is 6.61. The summed E-state index contributed by atoms with van der Waals surface area (Å²) >= 11 is 0. The van der Waals surface area contributed by atoms with Gasteiger partial charge in [-0.1, -0.05) is 47.1 Å². The first kappa shape index (κ1) is 19.2. The Kier molecular flexibility index (Phi) is 9.56. The predicted octanol–water partition coefficient (Wildman–Crippen LogP) is 3.61. The first-order valence-corrected chi connectivity index (χ1v) is 7.98. The van der Waals surface area contributed by atoms with Crippen LogP contribution in [0, 0.1) is 5.41 Å². The van der Waals surface area contributed by atoms with Gasteiger partial charge in [-0.25, -0.2) is 0 Å². The third-order valence-corrected chi connectivity index (χ3v) is 3.42. The van der Waals surface area contributed by atoms with Crippen LogP contribution in [-0.2, 0) is 4.79 Å². The van der Waals surface area contributed by atoms with Crippen LogP contribution in [0.25, 0.3) is 0 Å². The molecule has 20 heavy (non-hydrogen) atoms. The molecule has 0 aliphatic heterocycles. The summed E-state index contributed by atoms with van der Waals surface area (Å²) in [6.07, 6.45) is 4.96. The normalized spacial score (nSPS) is 11.7. The molecular weight excluding hydrogens is 248 g/mol. The zero-order chi connectivity index (χ0) is 15.6. The van der Waals surface area contributed by atoms with Gasteiger partial charge in [0.25, 0.3) is 0 Å². The number of nitrogens with zero attached hydrogens (tertiary/aromatic N) is 1. The highest BCUT2D eigenvalue weighted by Gasteiger charge is 2.22. The van der Waals surface area contributed by atoms with Gasteiger partial charge < -0.3 is 10.2 Å². The standard InChI is InChI=1S/C17H34N2O/c1-7-9-11-19(12-10-8-2)14-17(5,6)13-18-16(20)15(3)4/h3,7-14H2,1-2,4-6H3,(H,18,20). The number of carbonyl (C=O) groups excluding carboxylic acids is 1. The topological polar surface area (TPSA) is 32.3 Å². The molecule has 0 aliphatic carbocycles. The Morgan fingerprint density at radius 1 is 1.15 bits per heavy atom. The maximum atomic E-state index is 11.6. The fourth-order valence-corrected chi connectivity index (χ4v) is 2.17. The summed E-state index contributed by atoms with van der Waals surface area (Å²) in [5.41, 5.74) is 0.668. The van der Waals surface area contributed by atoms with Crippen molar-refractivity contribution in [2.45, 2.75) is 60.3 Å². The molecule has 0 rings (SSSR count). The quantitative estimate of drug-likeness (QED) is 0.587. The SMILES string of the molecule is C=C(C)C(=O)NCC(C)(C)CN(CCCC)CCCC. The Hall–Kier alpha value is -0.830. The number of amides is 1. The van der Waals surface area contributed by atoms with E-state index < -0.39 is 0 Å². The highest BCUT2D eigenvalue weighted by molar-refractivity contribution is 5.92. The van der Waals surface area contributed by atoms with Crippen LogP contribution in [0.15, 0.2) is 12.2 Å². The van der Waals surface area contributed by atoms with Gasteiger partial charge in [0.15, 0.2) is 0 Å². The van der Waals surface area contributed by atoms with Crippen molar-refractivity contribution in [2.24, 2.45) is 5.41 Å². The zero-order valence-electron chi connectivity index (χ0n) is 14.2. The molecule has 1 N–H and O–H groups in total. The Balaban J connectivity index is 4.33. The van der Waals surface area contributed by atoms with Crippen molar-refractivity contribution in [3.63, 3.8) is 0 Å². The molecule has 0 saturated carbocycles. The summed E-state index contributed by atoms with van der Waals surface area (Å²) in [5, 5.41) is 2.97. The van der Waals surface area contributed by atoms with E-state index in [0.717, 1.165) is 19.6 Å². The van der Waals surface area contributed by atoms with Crippen LogP contribution >= 0.6 is 0 Å². The van der Waals surface area contributed by atoms with Crippen LogP contribution in [0.4, 0.5) is 0 Å². The lowest BCUT2D eigenvalue weighted by atomic mass is 9.92. The number of hydrogen-bond donors (Lipinski definition) is 1. The molecule has 0 saturated heterocycles. The van der Waals surface area contributed by atoms with E-state index in [2.05, 4.69) is 44.5 Å². The molecular formula is C17H34N2O. The Morgan fingerprint density at radius 2 is 1.65 bits per heavy atom. The lowest BCUT2D eigenvalue weighted by Gasteiger charge is -2.33. The van der Waals surface area contributed by atoms with Gasteiger partial charge in [-0.2, -0.15) is 0 Å². The molecule has 1 amide bonds. The van der Waals surface area contributed by atoms with Crippen LogP contribution < -0.4 is 5.32 Å². The molecule has 0 aromatic heterocycles. The number of nitrogens with one attached hydrogen (secondary N) is 1. The lowest BCUT2D eigenvalue weighted by Crippen LogP contribution is -2.43. The predicted molar refractivity (Wildman–Crippen MR) is 87.9 cm³/mol. The Labute approximate surface area is 125 Å². The van der Waals surface area contributed by atoms with Crippen molar-refractivity contribution in [2.75, 3.05) is 26.2 Å². The minimum atomic E-state index is -0.0354. The van der Waals surface area contributed by atoms with Crippen LogP contribution in [0.2, 0.25) is 0 Å². The van der Waals surface area contributed by atoms with Crippen molar-refractivity contribution in [1.29, 1.82) is 0 Å². The van der Waals surface area contributed by atoms with E-state index in [-0.39, 0.29) is 11.3 Å². The second kappa shape index (κ2) is 9.98. The van der Waals surface area contributed by atoms with E-state index in [1.165, 1.54) is 25.7 Å². The lowest BCUT2D eigenvalue weighted by molar-refractivity contribution is -0.117. The zero-order valence-corrected chi connectivity index (χ0v) is 14.2. The summed E-state index contributed by atoms with van der Waals surface area (Å²) in [7, 11) is 0. The van der Waals surface area contributed by atoms with Crippen LogP contribution in [0.1, 0.15) is 60.3 Å². The fourth-order valence-electron chi connectivity index (χ4n) is 2.17. The highest BCUT2D eigenvalue weighted by Crippen LogP contribution is 2.17. The fraction of sp³-hybridized carbons (Fsp3) is 0.824. The number of carbonyl (C=O) groups is 1. The smallest absolute Gasteiger partial charge is 0.246 e. The maximum absolute atomic E-state index is 11.6. The molecule has 0 fully saturated rings. The van der Waals surface area contributed by atoms with Crippen molar-refractivity contribution >= 4 is 5.91 Å². The number of rotatable bonds is 11. The van der Waals surface area contributed by atoms with Crippen molar-refractivity contribution in [3.8, 4) is 0 Å². The van der Waals surface area contributed by atoms with E-state index in [1.54, 1.807) is 6.92 Å². The van der Waals surface area contributed by atoms with Gasteiger partial charge in [-0.3, -0.25) is 4.79 Å². The molecule has 0 aliphatic rings. The van der Waals surface area contributed by atoms with Crippen molar-refractivity contribution < 1.29 is 4.79 Å². The van der Waals surface area contributed by atoms with Gasteiger partial charge in [0.1, 0.15) is 0 Å². The minimum Gasteiger partial charge on any atom is -0.352 e. The molecule has 0 unspecified atom stereocenters. The van der Waals surface area contributed by atoms with Gasteiger partial charge in [0.05, 0.1) is 0 Å². The molecule has 0 heterocycles. The third-order valence-electron chi connectivity index (χ3n) is 3.42. The van der Waals surface area contributed by atoms with E-state index >= 15 is 0 Å². The van der Waals surface area contributed by atoms with Gasteiger partial charge in [0.2, 0.25) is 5.91 Å². The first-order chi connectivity index (χ1) is 9.32. The molecule has 0 spiro atoms. The third kappa shape index (κ3) is 9.13. The molecule has 118 valence electrons. The molecule has 0 aromatic rings. The maximum Gasteiger partial charge on any atom is 0.246 e. The summed E-state index contributed by atoms with van der Waals surface area (Å²) in [5.74, 6) is -0.0354. The van der Waals surface area contributed by atoms with Gasteiger partial charge >= 0.3 is 0 Å². The average Bonchev–Trinajstić information content (AvgIpc) is 2.38. The van der Waals surface area contributed by atoms with E-state index in [0.29, 0.717) is 12.1 Å². The molecule has 3 nitrogen and oxygen atoms in total. The van der Waals surface area contributed by atoms with Crippen LogP contribution in [0.5, 0.6) is 0 Å². The molecule has 0 aromatic carbocycles. The highest BCUT2D eigenvalue weighted by atomic mass is 16.1. The summed E-state index contributed by atoms with van der Waals surface area (Å²) in [6.45, 7) is 18.4. The monoisotopic (exact) mass is 282 g/mol. The van der Waals surface area contributed by atoms with Gasteiger partial charge in [-0.15, -0.1) is 0 Å². The molecule has 0 radical (unpaired) electrons. The largest absolute Gasteiger partial charge is 0.352 e. The van der Waals surface area contributed by atoms with E-state index in [1.807, 2.05) is 0 Å². The van der Waals surface area contributed by atoms with E-state index in [9.17, 15) is 4.79 Å². The molecule has 3 heteroatoms. The van der Waals surface area contributed by atoms with Gasteiger partial charge in [-0.05, 0) is 38.3 Å². The van der Waals surface area contributed by atoms with E-state index in [4.69, 9.17) is 0 Å². The van der Waals surface area contributed by atoms with Gasteiger partial charge in [0, 0.05) is 18.7 Å². The summed E-state index contributed by atoms with van der Waals surface area (Å²) < 4.78 is 0. The second-order valence-electron chi connectivity index (χ2n) is 6.61. The number of unbranched alkanes of at least 4 members (excludes halogenated alkanes) is 2. The Bertz CT molecular complexity index is 289. The van der Waals surface area contributed by atoms with Crippen molar-refractivity contribution in [1.82, 2.24) is 10.2 Å². The average molecular weight is 282 g/mol.